The number of halogens is 2. The van der Waals surface area contributed by atoms with Crippen molar-refractivity contribution in [1.82, 2.24) is 10.4 Å². The lowest BCUT2D eigenvalue weighted by Crippen LogP contribution is -2.41. The maximum Gasteiger partial charge on any atom is 0.433 e. The summed E-state index contributed by atoms with van der Waals surface area (Å²) in [5.41, 5.74) is -0.479. The fourth-order valence-electron chi connectivity index (χ4n) is 3.99. The van der Waals surface area contributed by atoms with Crippen molar-refractivity contribution in [3.63, 3.8) is 0 Å². The van der Waals surface area contributed by atoms with Crippen LogP contribution in [0.2, 0.25) is 0 Å². The van der Waals surface area contributed by atoms with Gasteiger partial charge in [0.1, 0.15) is 17.2 Å². The number of carbonyl (C=O) groups excluding carboxylic acids is 4. The Morgan fingerprint density at radius 2 is 1.90 bits per heavy atom. The molecule has 0 saturated carbocycles. The molecule has 2 aliphatic heterocycles. The minimum absolute atomic E-state index is 0.00953. The van der Waals surface area contributed by atoms with Gasteiger partial charge in [0, 0.05) is 32.1 Å². The van der Waals surface area contributed by atoms with E-state index in [1.54, 1.807) is 0 Å². The summed E-state index contributed by atoms with van der Waals surface area (Å²) in [6.45, 7) is 0.126. The smallest absolute Gasteiger partial charge is 0.433 e. The van der Waals surface area contributed by atoms with E-state index in [-0.39, 0.29) is 50.8 Å². The van der Waals surface area contributed by atoms with E-state index < -0.39 is 64.7 Å². The molecule has 1 N–H and O–H groups in total. The Morgan fingerprint density at radius 1 is 1.18 bits per heavy atom. The molecule has 2 saturated heterocycles. The number of ether oxygens (including phenoxy) is 2. The fraction of sp³-hybridized carbons (Fsp3) is 0.391. The maximum absolute atomic E-state index is 15.1. The summed E-state index contributed by atoms with van der Waals surface area (Å²) in [7, 11) is 0. The van der Waals surface area contributed by atoms with Gasteiger partial charge in [0.15, 0.2) is 23.5 Å². The lowest BCUT2D eigenvalue weighted by molar-refractivity contribution is -0.402. The SMILES string of the molecule is CC(=O)OC[C@H]1CN(c2cc(F)c(N3CCON(C(=O)CNC(=O)c4ccc([N+](=O)[O-])o4)CC3)c(F)c2)C(=O)O1. The van der Waals surface area contributed by atoms with Gasteiger partial charge in [-0.3, -0.25) is 34.2 Å². The van der Waals surface area contributed by atoms with Gasteiger partial charge >= 0.3 is 17.9 Å². The summed E-state index contributed by atoms with van der Waals surface area (Å²) in [5.74, 6) is -5.03. The number of carbonyl (C=O) groups is 4. The zero-order valence-electron chi connectivity index (χ0n) is 21.0. The zero-order chi connectivity index (χ0) is 29.0. The Morgan fingerprint density at radius 3 is 2.55 bits per heavy atom. The summed E-state index contributed by atoms with van der Waals surface area (Å²) in [4.78, 5) is 65.3. The largest absolute Gasteiger partial charge is 0.462 e. The predicted octanol–water partition coefficient (Wildman–Crippen LogP) is 1.36. The second-order valence-corrected chi connectivity index (χ2v) is 8.57. The number of nitrogens with zero attached hydrogens (tertiary/aromatic N) is 4. The number of cyclic esters (lactones) is 1. The van der Waals surface area contributed by atoms with E-state index >= 15 is 8.78 Å². The summed E-state index contributed by atoms with van der Waals surface area (Å²) >= 11 is 0. The minimum atomic E-state index is -0.967. The highest BCUT2D eigenvalue weighted by Gasteiger charge is 2.34. The van der Waals surface area contributed by atoms with Crippen molar-refractivity contribution >= 4 is 41.1 Å². The van der Waals surface area contributed by atoms with Gasteiger partial charge in [-0.05, 0) is 6.07 Å². The van der Waals surface area contributed by atoms with Crippen LogP contribution in [0.3, 0.4) is 0 Å². The van der Waals surface area contributed by atoms with Gasteiger partial charge in [0.2, 0.25) is 0 Å². The Kier molecular flexibility index (Phi) is 8.42. The first-order chi connectivity index (χ1) is 19.0. The lowest BCUT2D eigenvalue weighted by atomic mass is 10.2. The number of nitrogens with one attached hydrogen (secondary N) is 1. The monoisotopic (exact) mass is 567 g/mol. The lowest BCUT2D eigenvalue weighted by Gasteiger charge is -2.24. The maximum atomic E-state index is 15.1. The molecule has 0 unspecified atom stereocenters. The minimum Gasteiger partial charge on any atom is -0.462 e. The van der Waals surface area contributed by atoms with Gasteiger partial charge in [0.05, 0.1) is 38.0 Å². The topological polar surface area (TPSA) is 174 Å². The van der Waals surface area contributed by atoms with E-state index in [0.717, 1.165) is 34.2 Å². The van der Waals surface area contributed by atoms with Crippen LogP contribution < -0.4 is 15.1 Å². The number of anilines is 2. The number of hydrogen-bond donors (Lipinski definition) is 1. The second kappa shape index (κ2) is 11.9. The van der Waals surface area contributed by atoms with Crippen molar-refractivity contribution in [3.05, 3.63) is 51.8 Å². The van der Waals surface area contributed by atoms with Crippen LogP contribution in [0.25, 0.3) is 0 Å². The average Bonchev–Trinajstić information content (AvgIpc) is 3.47. The third-order valence-corrected chi connectivity index (χ3v) is 5.83. The molecule has 2 fully saturated rings. The van der Waals surface area contributed by atoms with E-state index in [0.29, 0.717) is 0 Å². The van der Waals surface area contributed by atoms with Gasteiger partial charge in [-0.1, -0.05) is 0 Å². The molecule has 1 aromatic carbocycles. The highest BCUT2D eigenvalue weighted by Crippen LogP contribution is 2.31. The normalized spacial score (nSPS) is 17.3. The van der Waals surface area contributed by atoms with Gasteiger partial charge in [0.25, 0.3) is 11.8 Å². The third kappa shape index (κ3) is 6.42. The number of hydrogen-bond acceptors (Lipinski definition) is 11. The molecule has 3 amide bonds. The van der Waals surface area contributed by atoms with Crippen molar-refractivity contribution in [2.45, 2.75) is 13.0 Å². The molecular weight excluding hydrogens is 544 g/mol. The van der Waals surface area contributed by atoms with E-state index in [1.807, 2.05) is 0 Å². The van der Waals surface area contributed by atoms with Crippen LogP contribution >= 0.6 is 0 Å². The molecule has 2 aliphatic rings. The molecule has 0 radical (unpaired) electrons. The molecule has 1 atom stereocenters. The number of benzene rings is 1. The number of rotatable bonds is 8. The highest BCUT2D eigenvalue weighted by molar-refractivity contribution is 5.94. The average molecular weight is 567 g/mol. The van der Waals surface area contributed by atoms with Crippen LogP contribution in [-0.2, 0) is 23.9 Å². The number of amides is 3. The number of esters is 1. The van der Waals surface area contributed by atoms with Crippen molar-refractivity contribution in [2.75, 3.05) is 55.7 Å². The number of nitro groups is 1. The molecule has 15 nitrogen and oxygen atoms in total. The van der Waals surface area contributed by atoms with Crippen molar-refractivity contribution < 1.29 is 51.6 Å². The molecule has 1 aromatic heterocycles. The third-order valence-electron chi connectivity index (χ3n) is 5.83. The molecule has 3 heterocycles. The van der Waals surface area contributed by atoms with Crippen molar-refractivity contribution in [1.29, 1.82) is 0 Å². The molecule has 0 aliphatic carbocycles. The Hall–Kier alpha value is -4.80. The summed E-state index contributed by atoms with van der Waals surface area (Å²) < 4.78 is 44.8. The molecule has 4 rings (SSSR count). The second-order valence-electron chi connectivity index (χ2n) is 8.57. The van der Waals surface area contributed by atoms with Crippen LogP contribution in [0.15, 0.2) is 28.7 Å². The molecule has 17 heteroatoms. The standard InChI is InChI=1S/C23H23F2N5O10/c1-13(31)37-12-15-11-28(23(34)39-15)14-8-16(24)21(17(25)9-14)27-4-5-29(38-7-6-27)19(32)10-26-22(33)18-2-3-20(40-18)30(35)36/h2-3,8-9,15H,4-7,10-12H2,1H3,(H,26,33)/t15-/m1/s1. The summed E-state index contributed by atoms with van der Waals surface area (Å²) in [5, 5.41) is 13.9. The number of furan rings is 1. The van der Waals surface area contributed by atoms with Gasteiger partial charge < -0.3 is 24.1 Å². The molecule has 0 spiro atoms. The molecule has 214 valence electrons. The van der Waals surface area contributed by atoms with Gasteiger partial charge in [-0.25, -0.2) is 18.6 Å². The summed E-state index contributed by atoms with van der Waals surface area (Å²) in [6.07, 6.45) is -1.64. The Labute approximate surface area is 224 Å². The quantitative estimate of drug-likeness (QED) is 0.277. The first-order valence-corrected chi connectivity index (χ1v) is 11.8. The molecule has 40 heavy (non-hydrogen) atoms. The highest BCUT2D eigenvalue weighted by atomic mass is 19.1. The van der Waals surface area contributed by atoms with E-state index in [9.17, 15) is 29.3 Å². The summed E-state index contributed by atoms with van der Waals surface area (Å²) in [6, 6.07) is 4.02. The molecular formula is C23H23F2N5O10. The molecule has 0 bridgehead atoms. The number of hydroxylamine groups is 2. The van der Waals surface area contributed by atoms with Crippen molar-refractivity contribution in [3.8, 4) is 0 Å². The Balaban J connectivity index is 1.34. The van der Waals surface area contributed by atoms with Crippen molar-refractivity contribution in [2.24, 2.45) is 0 Å². The van der Waals surface area contributed by atoms with Crippen LogP contribution in [0.4, 0.5) is 30.8 Å². The molecule has 2 aromatic rings. The first kappa shape index (κ1) is 28.2. The fourth-order valence-corrected chi connectivity index (χ4v) is 3.99. The van der Waals surface area contributed by atoms with Gasteiger partial charge in [-0.2, -0.15) is 0 Å². The first-order valence-electron chi connectivity index (χ1n) is 11.8. The van der Waals surface area contributed by atoms with Crippen LogP contribution in [0.1, 0.15) is 17.5 Å². The predicted molar refractivity (Wildman–Crippen MR) is 128 cm³/mol. The van der Waals surface area contributed by atoms with E-state index in [4.69, 9.17) is 18.7 Å². The van der Waals surface area contributed by atoms with E-state index in [2.05, 4.69) is 5.32 Å². The van der Waals surface area contributed by atoms with E-state index in [1.165, 1.54) is 11.8 Å². The van der Waals surface area contributed by atoms with Crippen LogP contribution in [-0.4, -0.2) is 85.9 Å². The van der Waals surface area contributed by atoms with Crippen LogP contribution in [0.5, 0.6) is 0 Å². The zero-order valence-corrected chi connectivity index (χ0v) is 21.0. The Bertz CT molecular complexity index is 1310. The van der Waals surface area contributed by atoms with Gasteiger partial charge in [-0.15, -0.1) is 0 Å². The van der Waals surface area contributed by atoms with Crippen LogP contribution in [0, 0.1) is 21.7 Å².